The molecule has 0 aromatic heterocycles. The molecule has 6 nitrogen and oxygen atoms in total. The van der Waals surface area contributed by atoms with Crippen LogP contribution in [0.1, 0.15) is 12.8 Å². The van der Waals surface area contributed by atoms with Crippen molar-refractivity contribution in [3.8, 4) is 0 Å². The number of hydroxylamine groups is 4. The summed E-state index contributed by atoms with van der Waals surface area (Å²) in [5.74, 6) is 0. The molecule has 3 unspecified atom stereocenters. The second-order valence-electron chi connectivity index (χ2n) is 4.38. The zero-order valence-electron chi connectivity index (χ0n) is 10.8. The van der Waals surface area contributed by atoms with Crippen LogP contribution >= 0.6 is 0 Å². The van der Waals surface area contributed by atoms with Gasteiger partial charge in [0.1, 0.15) is 6.10 Å². The third kappa shape index (κ3) is 2.78. The van der Waals surface area contributed by atoms with E-state index < -0.39 is 0 Å². The normalized spacial score (nSPS) is 33.7. The summed E-state index contributed by atoms with van der Waals surface area (Å²) in [6, 6.07) is 0.246. The van der Waals surface area contributed by atoms with Gasteiger partial charge in [-0.25, -0.2) is 0 Å². The fourth-order valence-electron chi connectivity index (χ4n) is 2.28. The molecule has 2 saturated heterocycles. The van der Waals surface area contributed by atoms with Crippen LogP contribution in [0.3, 0.4) is 0 Å². The third-order valence-corrected chi connectivity index (χ3v) is 3.36. The zero-order valence-corrected chi connectivity index (χ0v) is 10.8. The van der Waals surface area contributed by atoms with E-state index in [4.69, 9.17) is 23.9 Å². The Morgan fingerprint density at radius 3 is 2.41 bits per heavy atom. The van der Waals surface area contributed by atoms with E-state index in [1.807, 2.05) is 0 Å². The fraction of sp³-hybridized carbons (Fsp3) is 1.00. The van der Waals surface area contributed by atoms with Crippen LogP contribution in [-0.2, 0) is 23.9 Å². The van der Waals surface area contributed by atoms with Gasteiger partial charge in [0.15, 0.2) is 0 Å². The van der Waals surface area contributed by atoms with Crippen LogP contribution in [0.25, 0.3) is 0 Å². The molecule has 2 rings (SSSR count). The Morgan fingerprint density at radius 1 is 1.24 bits per heavy atom. The number of rotatable bonds is 9. The van der Waals surface area contributed by atoms with Gasteiger partial charge in [0.2, 0.25) is 6.04 Å². The lowest BCUT2D eigenvalue weighted by Crippen LogP contribution is -2.28. The molecular formula is C11H22NO5+. The average Bonchev–Trinajstić information content (AvgIpc) is 3.24. The molecule has 2 fully saturated rings. The number of hydrogen-bond donors (Lipinski definition) is 0. The van der Waals surface area contributed by atoms with E-state index in [1.54, 1.807) is 21.3 Å². The second-order valence-corrected chi connectivity index (χ2v) is 4.38. The summed E-state index contributed by atoms with van der Waals surface area (Å²) in [4.78, 5) is 10.8. The number of quaternary nitrogens is 1. The summed E-state index contributed by atoms with van der Waals surface area (Å²) in [7, 11) is 4.95. The largest absolute Gasteiger partial charge is 0.379 e. The molecule has 3 atom stereocenters. The first-order valence-electron chi connectivity index (χ1n) is 6.00. The van der Waals surface area contributed by atoms with Crippen LogP contribution in [0.15, 0.2) is 0 Å². The monoisotopic (exact) mass is 248 g/mol. The van der Waals surface area contributed by atoms with Gasteiger partial charge in [0.05, 0.1) is 27.4 Å². The highest BCUT2D eigenvalue weighted by molar-refractivity contribution is 4.74. The summed E-state index contributed by atoms with van der Waals surface area (Å²) in [6.07, 6.45) is 2.27. The lowest BCUT2D eigenvalue weighted by atomic mass is 10.2. The maximum atomic E-state index is 5.49. The Morgan fingerprint density at radius 2 is 1.94 bits per heavy atom. The maximum absolute atomic E-state index is 5.49. The molecule has 0 N–H and O–H groups in total. The van der Waals surface area contributed by atoms with Gasteiger partial charge >= 0.3 is 6.23 Å². The summed E-state index contributed by atoms with van der Waals surface area (Å²) < 4.78 is 15.9. The molecule has 2 heterocycles. The second kappa shape index (κ2) is 5.60. The van der Waals surface area contributed by atoms with E-state index >= 15 is 0 Å². The topological polar surface area (TPSA) is 49.5 Å². The highest BCUT2D eigenvalue weighted by Gasteiger charge is 2.73. The lowest BCUT2D eigenvalue weighted by molar-refractivity contribution is -1.18. The lowest BCUT2D eigenvalue weighted by Gasteiger charge is -2.11. The molecule has 2 aliphatic heterocycles. The van der Waals surface area contributed by atoms with Crippen molar-refractivity contribution in [1.29, 1.82) is 0 Å². The molecule has 0 aromatic carbocycles. The van der Waals surface area contributed by atoms with Crippen LogP contribution < -0.4 is 0 Å². The Bertz CT molecular complexity index is 242. The zero-order chi connectivity index (χ0) is 12.3. The molecule has 0 bridgehead atoms. The van der Waals surface area contributed by atoms with Crippen molar-refractivity contribution in [1.82, 2.24) is 0 Å². The number of epoxide rings is 1. The van der Waals surface area contributed by atoms with Crippen molar-refractivity contribution in [3.63, 3.8) is 0 Å². The maximum Gasteiger partial charge on any atom is 0.314 e. The summed E-state index contributed by atoms with van der Waals surface area (Å²) in [5, 5.41) is 0. The first kappa shape index (κ1) is 13.2. The van der Waals surface area contributed by atoms with Gasteiger partial charge < -0.3 is 14.2 Å². The van der Waals surface area contributed by atoms with Gasteiger partial charge in [-0.1, -0.05) is 0 Å². The third-order valence-electron chi connectivity index (χ3n) is 3.36. The minimum absolute atomic E-state index is 0.0169. The molecular weight excluding hydrogens is 226 g/mol. The van der Waals surface area contributed by atoms with Crippen molar-refractivity contribution in [2.75, 3.05) is 41.2 Å². The van der Waals surface area contributed by atoms with Crippen molar-refractivity contribution in [3.05, 3.63) is 0 Å². The first-order chi connectivity index (χ1) is 8.28. The predicted molar refractivity (Wildman–Crippen MR) is 58.7 cm³/mol. The molecule has 0 aromatic rings. The minimum atomic E-state index is -0.0169. The van der Waals surface area contributed by atoms with Crippen molar-refractivity contribution < 1.29 is 28.7 Å². The Labute approximate surface area is 102 Å². The van der Waals surface area contributed by atoms with E-state index in [0.717, 1.165) is 26.1 Å². The van der Waals surface area contributed by atoms with Crippen LogP contribution in [-0.4, -0.2) is 64.3 Å². The van der Waals surface area contributed by atoms with Crippen molar-refractivity contribution >= 4 is 0 Å². The molecule has 17 heavy (non-hydrogen) atoms. The molecule has 0 amide bonds. The molecule has 100 valence electrons. The SMILES string of the molecule is COC1C(CCCOCC2CO2)[N+]1(OC)OC. The van der Waals surface area contributed by atoms with Crippen molar-refractivity contribution in [2.24, 2.45) is 0 Å². The van der Waals surface area contributed by atoms with Gasteiger partial charge in [-0.2, -0.15) is 9.68 Å². The minimum Gasteiger partial charge on any atom is -0.379 e. The number of ether oxygens (including phenoxy) is 3. The van der Waals surface area contributed by atoms with Gasteiger partial charge in [-0.05, 0) is 6.42 Å². The summed E-state index contributed by atoms with van der Waals surface area (Å²) in [6.45, 7) is 2.31. The van der Waals surface area contributed by atoms with E-state index in [9.17, 15) is 0 Å². The Hall–Kier alpha value is -0.240. The molecule has 6 heteroatoms. The Balaban J connectivity index is 1.61. The van der Waals surface area contributed by atoms with Gasteiger partial charge in [-0.3, -0.25) is 0 Å². The standard InChI is InChI=1S/C11H22NO5/c1-13-11-10(12(11,14-2)15-3)5-4-6-16-7-9-8-17-9/h9-11H,4-8H2,1-3H3/q+1. The van der Waals surface area contributed by atoms with Gasteiger partial charge in [-0.15, -0.1) is 0 Å². The van der Waals surface area contributed by atoms with E-state index in [-0.39, 0.29) is 17.1 Å². The smallest absolute Gasteiger partial charge is 0.314 e. The number of hydrogen-bond acceptors (Lipinski definition) is 5. The van der Waals surface area contributed by atoms with Crippen LogP contribution in [0, 0.1) is 0 Å². The average molecular weight is 248 g/mol. The van der Waals surface area contributed by atoms with E-state index in [1.165, 1.54) is 0 Å². The van der Waals surface area contributed by atoms with E-state index in [2.05, 4.69) is 0 Å². The van der Waals surface area contributed by atoms with Gasteiger partial charge in [0.25, 0.3) is 0 Å². The van der Waals surface area contributed by atoms with E-state index in [0.29, 0.717) is 12.7 Å². The molecule has 0 spiro atoms. The molecule has 0 radical (unpaired) electrons. The number of methoxy groups -OCH3 is 1. The molecule has 2 aliphatic rings. The highest BCUT2D eigenvalue weighted by Crippen LogP contribution is 2.43. The summed E-state index contributed by atoms with van der Waals surface area (Å²) in [5.41, 5.74) is 0. The quantitative estimate of drug-likeness (QED) is 0.337. The summed E-state index contributed by atoms with van der Waals surface area (Å²) >= 11 is 0. The predicted octanol–water partition coefficient (Wildman–Crippen LogP) is 0.476. The van der Waals surface area contributed by atoms with Crippen molar-refractivity contribution in [2.45, 2.75) is 31.2 Å². The van der Waals surface area contributed by atoms with Gasteiger partial charge in [0, 0.05) is 24.9 Å². The number of nitrogens with zero attached hydrogens (tertiary/aromatic N) is 1. The van der Waals surface area contributed by atoms with Crippen LogP contribution in [0.5, 0.6) is 0 Å². The van der Waals surface area contributed by atoms with Crippen LogP contribution in [0.2, 0.25) is 0 Å². The molecule has 0 aliphatic carbocycles. The highest BCUT2D eigenvalue weighted by atomic mass is 17.0. The van der Waals surface area contributed by atoms with Crippen LogP contribution in [0.4, 0.5) is 0 Å². The fourth-order valence-corrected chi connectivity index (χ4v) is 2.28. The Kier molecular flexibility index (Phi) is 4.35. The first-order valence-corrected chi connectivity index (χ1v) is 6.00. The molecule has 0 saturated carbocycles.